The number of urea groups is 1. The van der Waals surface area contributed by atoms with E-state index in [4.69, 9.17) is 11.6 Å². The fraction of sp³-hybridized carbons (Fsp3) is 0.125. The van der Waals surface area contributed by atoms with Gasteiger partial charge in [-0.2, -0.15) is 4.57 Å². The number of amides is 3. The fourth-order valence-electron chi connectivity index (χ4n) is 1.05. The maximum Gasteiger partial charge on any atom is 0.316 e. The molecule has 0 aromatic carbocycles. The molecule has 80 valence electrons. The van der Waals surface area contributed by atoms with Gasteiger partial charge in [-0.25, -0.2) is 10.6 Å². The van der Waals surface area contributed by atoms with Crippen LogP contribution in [0.4, 0.5) is 10.5 Å². The number of nitrogens with zero attached hydrogens (tertiary/aromatic N) is 1. The van der Waals surface area contributed by atoms with Gasteiger partial charge in [0.15, 0.2) is 12.4 Å². The molecule has 0 aliphatic heterocycles. The summed E-state index contributed by atoms with van der Waals surface area (Å²) >= 11 is 0. The zero-order chi connectivity index (χ0) is 11.3. The first kappa shape index (κ1) is 10.9. The maximum absolute atomic E-state index is 10.9. The largest absolute Gasteiger partial charge is 0.351 e. The van der Waals surface area contributed by atoms with Crippen LogP contribution < -0.4 is 26.9 Å². The molecule has 7 heteroatoms. The molecule has 6 N–H and O–H groups in total. The molecule has 0 radical (unpaired) electrons. The molecule has 1 aromatic heterocycles. The smallest absolute Gasteiger partial charge is 0.316 e. The van der Waals surface area contributed by atoms with Gasteiger partial charge in [0.2, 0.25) is 6.54 Å². The van der Waals surface area contributed by atoms with Crippen molar-refractivity contribution in [3.63, 3.8) is 0 Å². The van der Waals surface area contributed by atoms with E-state index in [2.05, 4.69) is 5.32 Å². The van der Waals surface area contributed by atoms with Crippen LogP contribution in [0.1, 0.15) is 0 Å². The molecule has 0 bridgehead atoms. The number of aromatic nitrogens is 1. The predicted octanol–water partition coefficient (Wildman–Crippen LogP) is -1.55. The first-order chi connectivity index (χ1) is 7.11. The number of carbonyl (C=O) groups excluding carboxylic acids is 2. The van der Waals surface area contributed by atoms with Gasteiger partial charge in [0.05, 0.1) is 0 Å². The highest BCUT2D eigenvalue weighted by molar-refractivity contribution is 5.87. The normalized spacial score (nSPS) is 9.40. The molecule has 0 saturated carbocycles. The first-order valence-electron chi connectivity index (χ1n) is 4.17. The number of hydrogen-bond donors (Lipinski definition) is 4. The van der Waals surface area contributed by atoms with Crippen molar-refractivity contribution in [1.82, 2.24) is 5.43 Å². The van der Waals surface area contributed by atoms with E-state index in [1.54, 1.807) is 29.1 Å². The van der Waals surface area contributed by atoms with Crippen LogP contribution in [0.2, 0.25) is 0 Å². The Bertz CT molecular complexity index is 379. The van der Waals surface area contributed by atoms with Gasteiger partial charge in [-0.3, -0.25) is 10.2 Å². The standard InChI is InChI=1S/C8H11N5O2/c9-8(15)11-6-2-1-3-13(4-6)5-7(14)12-10/h1-4H,5,10H2,(H3-,9,11,12,14,15)/p+1. The summed E-state index contributed by atoms with van der Waals surface area (Å²) < 4.78 is 1.56. The summed E-state index contributed by atoms with van der Waals surface area (Å²) in [5.74, 6) is 4.60. The fourth-order valence-corrected chi connectivity index (χ4v) is 1.05. The van der Waals surface area contributed by atoms with Crippen molar-refractivity contribution in [2.45, 2.75) is 6.54 Å². The van der Waals surface area contributed by atoms with Crippen LogP contribution in [-0.4, -0.2) is 11.9 Å². The van der Waals surface area contributed by atoms with Crippen molar-refractivity contribution < 1.29 is 14.2 Å². The summed E-state index contributed by atoms with van der Waals surface area (Å²) in [5.41, 5.74) is 7.45. The second kappa shape index (κ2) is 4.91. The lowest BCUT2D eigenvalue weighted by molar-refractivity contribution is -0.683. The molecule has 1 aromatic rings. The van der Waals surface area contributed by atoms with E-state index in [9.17, 15) is 9.59 Å². The lowest BCUT2D eigenvalue weighted by Crippen LogP contribution is -2.44. The zero-order valence-electron chi connectivity index (χ0n) is 7.93. The zero-order valence-corrected chi connectivity index (χ0v) is 7.93. The summed E-state index contributed by atoms with van der Waals surface area (Å²) in [4.78, 5) is 21.5. The molecular formula is C8H12N5O2+. The van der Waals surface area contributed by atoms with E-state index in [1.165, 1.54) is 0 Å². The van der Waals surface area contributed by atoms with E-state index in [-0.39, 0.29) is 12.5 Å². The average Bonchev–Trinajstić information content (AvgIpc) is 2.17. The number of rotatable bonds is 3. The highest BCUT2D eigenvalue weighted by Gasteiger charge is 2.08. The van der Waals surface area contributed by atoms with Gasteiger partial charge in [0.1, 0.15) is 5.69 Å². The Morgan fingerprint density at radius 2 is 2.20 bits per heavy atom. The van der Waals surface area contributed by atoms with Crippen molar-refractivity contribution in [1.29, 1.82) is 0 Å². The van der Waals surface area contributed by atoms with Crippen LogP contribution >= 0.6 is 0 Å². The van der Waals surface area contributed by atoms with Crippen molar-refractivity contribution in [3.05, 3.63) is 24.5 Å². The monoisotopic (exact) mass is 210 g/mol. The van der Waals surface area contributed by atoms with Crippen LogP contribution in [0.5, 0.6) is 0 Å². The quantitative estimate of drug-likeness (QED) is 0.210. The Balaban J connectivity index is 2.74. The highest BCUT2D eigenvalue weighted by atomic mass is 16.2. The van der Waals surface area contributed by atoms with Crippen LogP contribution in [0.25, 0.3) is 0 Å². The Hall–Kier alpha value is -2.15. The SMILES string of the molecule is NNC(=O)C[n+]1cccc(NC(N)=O)c1. The maximum atomic E-state index is 10.9. The van der Waals surface area contributed by atoms with Gasteiger partial charge in [0.25, 0.3) is 5.91 Å². The molecule has 3 amide bonds. The molecule has 0 atom stereocenters. The number of primary amides is 1. The van der Waals surface area contributed by atoms with Crippen LogP contribution in [0, 0.1) is 0 Å². The minimum atomic E-state index is -0.656. The van der Waals surface area contributed by atoms with Crippen LogP contribution in [-0.2, 0) is 11.3 Å². The lowest BCUT2D eigenvalue weighted by atomic mass is 10.4. The van der Waals surface area contributed by atoms with Gasteiger partial charge < -0.3 is 11.1 Å². The summed E-state index contributed by atoms with van der Waals surface area (Å²) in [6, 6.07) is 2.67. The number of anilines is 1. The molecule has 0 fully saturated rings. The van der Waals surface area contributed by atoms with Gasteiger partial charge >= 0.3 is 6.03 Å². The summed E-state index contributed by atoms with van der Waals surface area (Å²) in [6.45, 7) is 0.0742. The second-order valence-electron chi connectivity index (χ2n) is 2.82. The lowest BCUT2D eigenvalue weighted by Gasteiger charge is -2.00. The third kappa shape index (κ3) is 3.61. The van der Waals surface area contributed by atoms with E-state index >= 15 is 0 Å². The van der Waals surface area contributed by atoms with Crippen molar-refractivity contribution in [2.24, 2.45) is 11.6 Å². The second-order valence-corrected chi connectivity index (χ2v) is 2.82. The molecule has 0 aliphatic carbocycles. The number of carbonyl (C=O) groups is 2. The molecule has 0 aliphatic rings. The van der Waals surface area contributed by atoms with E-state index in [0.29, 0.717) is 5.69 Å². The highest BCUT2D eigenvalue weighted by Crippen LogP contribution is 2.00. The topological polar surface area (TPSA) is 114 Å². The molecule has 7 nitrogen and oxygen atoms in total. The molecule has 0 unspecified atom stereocenters. The third-order valence-corrected chi connectivity index (χ3v) is 1.61. The Morgan fingerprint density at radius 1 is 1.47 bits per heavy atom. The first-order valence-corrected chi connectivity index (χ1v) is 4.17. The van der Waals surface area contributed by atoms with Crippen LogP contribution in [0.15, 0.2) is 24.5 Å². The van der Waals surface area contributed by atoms with Gasteiger partial charge in [-0.1, -0.05) is 0 Å². The Labute approximate surface area is 86.0 Å². The number of pyridine rings is 1. The number of nitrogens with one attached hydrogen (secondary N) is 2. The van der Waals surface area contributed by atoms with Crippen molar-refractivity contribution in [3.8, 4) is 0 Å². The van der Waals surface area contributed by atoms with E-state index < -0.39 is 6.03 Å². The molecule has 15 heavy (non-hydrogen) atoms. The number of hydrazine groups is 1. The summed E-state index contributed by atoms with van der Waals surface area (Å²) in [6.07, 6.45) is 3.24. The Kier molecular flexibility index (Phi) is 3.58. The van der Waals surface area contributed by atoms with E-state index in [0.717, 1.165) is 0 Å². The minimum Gasteiger partial charge on any atom is -0.351 e. The predicted molar refractivity (Wildman–Crippen MR) is 52.2 cm³/mol. The van der Waals surface area contributed by atoms with Gasteiger partial charge in [0, 0.05) is 6.07 Å². The average molecular weight is 210 g/mol. The molecule has 0 spiro atoms. The van der Waals surface area contributed by atoms with Crippen molar-refractivity contribution >= 4 is 17.6 Å². The summed E-state index contributed by atoms with van der Waals surface area (Å²) in [5, 5.41) is 2.39. The molecule has 0 saturated heterocycles. The molecular weight excluding hydrogens is 198 g/mol. The number of nitrogens with two attached hydrogens (primary N) is 2. The van der Waals surface area contributed by atoms with Crippen molar-refractivity contribution in [2.75, 3.05) is 5.32 Å². The summed E-state index contributed by atoms with van der Waals surface area (Å²) in [7, 11) is 0. The number of hydrogen-bond acceptors (Lipinski definition) is 3. The molecule has 1 rings (SSSR count). The third-order valence-electron chi connectivity index (χ3n) is 1.61. The van der Waals surface area contributed by atoms with Crippen LogP contribution in [0.3, 0.4) is 0 Å². The van der Waals surface area contributed by atoms with Gasteiger partial charge in [-0.15, -0.1) is 0 Å². The minimum absolute atomic E-state index is 0.0742. The van der Waals surface area contributed by atoms with Gasteiger partial charge in [-0.05, 0) is 6.07 Å². The van der Waals surface area contributed by atoms with E-state index in [1.807, 2.05) is 5.43 Å². The Morgan fingerprint density at radius 3 is 2.80 bits per heavy atom. The molecule has 1 heterocycles.